The summed E-state index contributed by atoms with van der Waals surface area (Å²) >= 11 is 0. The molecule has 0 heterocycles. The predicted molar refractivity (Wildman–Crippen MR) is 124 cm³/mol. The smallest absolute Gasteiger partial charge is 0.407 e. The van der Waals surface area contributed by atoms with Crippen molar-refractivity contribution >= 4 is 18.0 Å². The minimum atomic E-state index is -0.942. The van der Waals surface area contributed by atoms with Gasteiger partial charge in [-0.3, -0.25) is 9.59 Å². The van der Waals surface area contributed by atoms with Crippen LogP contribution in [0.15, 0.2) is 48.5 Å². The van der Waals surface area contributed by atoms with Gasteiger partial charge in [0.2, 0.25) is 5.91 Å². The second kappa shape index (κ2) is 10.5. The number of fused-ring (bicyclic) bond motifs is 3. The molecule has 0 aliphatic heterocycles. The quantitative estimate of drug-likeness (QED) is 0.562. The van der Waals surface area contributed by atoms with Gasteiger partial charge in [0.15, 0.2) is 0 Å². The first-order valence-corrected chi connectivity index (χ1v) is 11.6. The average Bonchev–Trinajstić information content (AvgIpc) is 3.12. The number of carboxylic acids is 1. The van der Waals surface area contributed by atoms with Crippen LogP contribution in [0, 0.1) is 5.92 Å². The molecule has 33 heavy (non-hydrogen) atoms. The van der Waals surface area contributed by atoms with E-state index < -0.39 is 12.1 Å². The Labute approximate surface area is 193 Å². The molecule has 1 fully saturated rings. The fraction of sp³-hybridized carbons (Fsp3) is 0.423. The number of benzene rings is 2. The zero-order valence-electron chi connectivity index (χ0n) is 18.6. The van der Waals surface area contributed by atoms with E-state index in [1.54, 1.807) is 0 Å². The van der Waals surface area contributed by atoms with E-state index in [0.29, 0.717) is 0 Å². The van der Waals surface area contributed by atoms with Crippen LogP contribution in [-0.4, -0.2) is 42.3 Å². The highest BCUT2D eigenvalue weighted by atomic mass is 16.5. The molecule has 2 amide bonds. The first-order valence-electron chi connectivity index (χ1n) is 11.6. The highest BCUT2D eigenvalue weighted by molar-refractivity contribution is 5.79. The number of hydrogen-bond donors (Lipinski definition) is 3. The summed E-state index contributed by atoms with van der Waals surface area (Å²) in [6.45, 7) is 0.373. The van der Waals surface area contributed by atoms with Gasteiger partial charge in [-0.25, -0.2) is 4.79 Å². The lowest BCUT2D eigenvalue weighted by Gasteiger charge is -2.31. The third-order valence-electron chi connectivity index (χ3n) is 6.66. The van der Waals surface area contributed by atoms with Gasteiger partial charge in [0.05, 0.1) is 6.42 Å². The van der Waals surface area contributed by atoms with E-state index >= 15 is 0 Å². The van der Waals surface area contributed by atoms with Gasteiger partial charge in [-0.05, 0) is 41.0 Å². The van der Waals surface area contributed by atoms with Gasteiger partial charge in [0.1, 0.15) is 6.61 Å². The van der Waals surface area contributed by atoms with Crippen molar-refractivity contribution in [1.29, 1.82) is 0 Å². The summed E-state index contributed by atoms with van der Waals surface area (Å²) < 4.78 is 5.67. The summed E-state index contributed by atoms with van der Waals surface area (Å²) in [5.74, 6) is -1.10. The Hall–Kier alpha value is -3.35. The molecule has 2 aliphatic rings. The largest absolute Gasteiger partial charge is 0.481 e. The molecular weight excluding hydrogens is 420 g/mol. The van der Waals surface area contributed by atoms with Crippen molar-refractivity contribution < 1.29 is 24.2 Å². The average molecular weight is 451 g/mol. The van der Waals surface area contributed by atoms with Gasteiger partial charge >= 0.3 is 12.1 Å². The Morgan fingerprint density at radius 2 is 1.58 bits per heavy atom. The SMILES string of the molecule is O=C(O)CCNC(=O)C[C@@H]1CCCC[C@@H]1NC(=O)OCC1c2ccccc2-c2ccccc21. The van der Waals surface area contributed by atoms with Gasteiger partial charge in [-0.15, -0.1) is 0 Å². The van der Waals surface area contributed by atoms with Crippen molar-refractivity contribution in [1.82, 2.24) is 10.6 Å². The topological polar surface area (TPSA) is 105 Å². The molecule has 4 rings (SSSR count). The Bertz CT molecular complexity index is 976. The number of nitrogens with one attached hydrogen (secondary N) is 2. The number of amides is 2. The molecular formula is C26H30N2O5. The third-order valence-corrected chi connectivity index (χ3v) is 6.66. The van der Waals surface area contributed by atoms with Crippen molar-refractivity contribution in [2.24, 2.45) is 5.92 Å². The molecule has 2 aliphatic carbocycles. The van der Waals surface area contributed by atoms with Crippen LogP contribution in [0.5, 0.6) is 0 Å². The number of ether oxygens (including phenoxy) is 1. The molecule has 2 aromatic rings. The van der Waals surface area contributed by atoms with Crippen molar-refractivity contribution in [2.75, 3.05) is 13.2 Å². The maximum atomic E-state index is 12.7. The molecule has 2 atom stereocenters. The monoisotopic (exact) mass is 450 g/mol. The Kier molecular flexibility index (Phi) is 7.27. The van der Waals surface area contributed by atoms with E-state index in [1.165, 1.54) is 22.3 Å². The maximum Gasteiger partial charge on any atom is 0.407 e. The zero-order valence-corrected chi connectivity index (χ0v) is 18.6. The number of carboxylic acid groups (broad SMARTS) is 1. The molecule has 0 saturated heterocycles. The van der Waals surface area contributed by atoms with E-state index in [0.717, 1.165) is 25.7 Å². The van der Waals surface area contributed by atoms with E-state index in [4.69, 9.17) is 9.84 Å². The number of aliphatic carboxylic acids is 1. The van der Waals surface area contributed by atoms with E-state index in [-0.39, 0.29) is 49.8 Å². The molecule has 0 aromatic heterocycles. The lowest BCUT2D eigenvalue weighted by Crippen LogP contribution is -2.44. The zero-order chi connectivity index (χ0) is 23.2. The first-order chi connectivity index (χ1) is 16.0. The maximum absolute atomic E-state index is 12.7. The van der Waals surface area contributed by atoms with Gasteiger partial charge in [-0.1, -0.05) is 61.4 Å². The highest BCUT2D eigenvalue weighted by Crippen LogP contribution is 2.44. The lowest BCUT2D eigenvalue weighted by molar-refractivity contribution is -0.136. The fourth-order valence-electron chi connectivity index (χ4n) is 5.05. The van der Waals surface area contributed by atoms with Gasteiger partial charge in [0.25, 0.3) is 0 Å². The van der Waals surface area contributed by atoms with Crippen LogP contribution in [-0.2, 0) is 14.3 Å². The van der Waals surface area contributed by atoms with Crippen LogP contribution >= 0.6 is 0 Å². The van der Waals surface area contributed by atoms with Crippen LogP contribution in [0.3, 0.4) is 0 Å². The van der Waals surface area contributed by atoms with Crippen molar-refractivity contribution in [3.05, 3.63) is 59.7 Å². The minimum Gasteiger partial charge on any atom is -0.481 e. The van der Waals surface area contributed by atoms with E-state index in [2.05, 4.69) is 34.9 Å². The summed E-state index contributed by atoms with van der Waals surface area (Å²) in [4.78, 5) is 35.5. The van der Waals surface area contributed by atoms with Crippen molar-refractivity contribution in [2.45, 2.75) is 50.5 Å². The number of carbonyl (C=O) groups excluding carboxylic acids is 2. The summed E-state index contributed by atoms with van der Waals surface area (Å²) in [6.07, 6.45) is 3.37. The lowest BCUT2D eigenvalue weighted by atomic mass is 9.82. The third kappa shape index (κ3) is 5.53. The van der Waals surface area contributed by atoms with Crippen LogP contribution in [0.4, 0.5) is 4.79 Å². The molecule has 7 heteroatoms. The van der Waals surface area contributed by atoms with Crippen molar-refractivity contribution in [3.8, 4) is 11.1 Å². The normalized spacial score (nSPS) is 19.3. The Balaban J connectivity index is 1.32. The highest BCUT2D eigenvalue weighted by Gasteiger charge is 2.31. The molecule has 174 valence electrons. The predicted octanol–water partition coefficient (Wildman–Crippen LogP) is 4.06. The second-order valence-electron chi connectivity index (χ2n) is 8.82. The standard InChI is InChI=1S/C26H30N2O5/c29-24(27-14-13-25(30)31)15-17-7-1-6-12-23(17)28-26(32)33-16-22-20-10-4-2-8-18(20)19-9-3-5-11-21(19)22/h2-5,8-11,17,22-23H,1,6-7,12-16H2,(H,27,29)(H,28,32)(H,30,31)/t17-,23-/m0/s1. The molecule has 0 spiro atoms. The van der Waals surface area contributed by atoms with Crippen LogP contribution < -0.4 is 10.6 Å². The molecule has 1 saturated carbocycles. The fourth-order valence-corrected chi connectivity index (χ4v) is 5.05. The van der Waals surface area contributed by atoms with Crippen LogP contribution in [0.25, 0.3) is 11.1 Å². The second-order valence-corrected chi connectivity index (χ2v) is 8.82. The molecule has 3 N–H and O–H groups in total. The number of alkyl carbamates (subject to hydrolysis) is 1. The molecule has 7 nitrogen and oxygen atoms in total. The van der Waals surface area contributed by atoms with E-state index in [1.807, 2.05) is 24.3 Å². The Morgan fingerprint density at radius 1 is 0.939 bits per heavy atom. The summed E-state index contributed by atoms with van der Waals surface area (Å²) in [5, 5.41) is 14.4. The number of rotatable bonds is 8. The van der Waals surface area contributed by atoms with E-state index in [9.17, 15) is 14.4 Å². The number of carbonyl (C=O) groups is 3. The van der Waals surface area contributed by atoms with Crippen LogP contribution in [0.2, 0.25) is 0 Å². The molecule has 2 aromatic carbocycles. The molecule has 0 radical (unpaired) electrons. The summed E-state index contributed by atoms with van der Waals surface area (Å²) in [5.41, 5.74) is 4.70. The van der Waals surface area contributed by atoms with Gasteiger partial charge < -0.3 is 20.5 Å². The van der Waals surface area contributed by atoms with Gasteiger partial charge in [-0.2, -0.15) is 0 Å². The molecule has 0 unspecified atom stereocenters. The van der Waals surface area contributed by atoms with Crippen LogP contribution in [0.1, 0.15) is 55.6 Å². The Morgan fingerprint density at radius 3 is 2.24 bits per heavy atom. The summed E-state index contributed by atoms with van der Waals surface area (Å²) in [6, 6.07) is 16.3. The van der Waals surface area contributed by atoms with Crippen molar-refractivity contribution in [3.63, 3.8) is 0 Å². The molecule has 0 bridgehead atoms. The number of hydrogen-bond acceptors (Lipinski definition) is 4. The minimum absolute atomic E-state index is 0.00492. The summed E-state index contributed by atoms with van der Waals surface area (Å²) in [7, 11) is 0. The van der Waals surface area contributed by atoms with Gasteiger partial charge in [0, 0.05) is 24.9 Å². The first kappa shape index (κ1) is 22.8.